The molecule has 2 aliphatic heterocycles. The van der Waals surface area contributed by atoms with Crippen molar-refractivity contribution in [2.24, 2.45) is 5.16 Å². The van der Waals surface area contributed by atoms with Gasteiger partial charge in [-0.2, -0.15) is 0 Å². The summed E-state index contributed by atoms with van der Waals surface area (Å²) in [6.45, 7) is 8.06. The van der Waals surface area contributed by atoms with Gasteiger partial charge in [0.05, 0.1) is 0 Å². The van der Waals surface area contributed by atoms with E-state index in [1.807, 2.05) is 0 Å². The molecule has 1 aromatic rings. The fourth-order valence-corrected chi connectivity index (χ4v) is 5.46. The monoisotopic (exact) mass is 551 g/mol. The lowest BCUT2D eigenvalue weighted by atomic mass is 10.0. The van der Waals surface area contributed by atoms with Crippen LogP contribution in [-0.4, -0.2) is 80.2 Å². The van der Waals surface area contributed by atoms with E-state index in [0.29, 0.717) is 24.2 Å². The van der Waals surface area contributed by atoms with E-state index in [9.17, 15) is 29.1 Å². The van der Waals surface area contributed by atoms with E-state index in [4.69, 9.17) is 9.57 Å². The Kier molecular flexibility index (Phi) is 8.70. The van der Waals surface area contributed by atoms with Crippen LogP contribution < -0.4 is 10.6 Å². The van der Waals surface area contributed by atoms with Crippen molar-refractivity contribution >= 4 is 64.1 Å². The molecule has 13 nitrogen and oxygen atoms in total. The molecule has 0 saturated carbocycles. The van der Waals surface area contributed by atoms with Crippen LogP contribution in [-0.2, 0) is 33.5 Å². The number of β-lactam (4-membered cyclic amide) rings is 1. The van der Waals surface area contributed by atoms with Crippen LogP contribution in [0.2, 0.25) is 0 Å². The molecular formula is C22H25N5O8S2. The average Bonchev–Trinajstić information content (AvgIpc) is 3.27. The van der Waals surface area contributed by atoms with Crippen molar-refractivity contribution in [2.75, 3.05) is 17.7 Å². The maximum absolute atomic E-state index is 13.1. The van der Waals surface area contributed by atoms with Crippen molar-refractivity contribution in [1.29, 1.82) is 0 Å². The first-order chi connectivity index (χ1) is 17.5. The Bertz CT molecular complexity index is 1190. The van der Waals surface area contributed by atoms with Crippen LogP contribution in [0.5, 0.6) is 0 Å². The van der Waals surface area contributed by atoms with E-state index in [1.165, 1.54) is 17.1 Å². The Morgan fingerprint density at radius 1 is 1.38 bits per heavy atom. The number of rotatable bonds is 11. The number of carbonyl (C=O) groups excluding carboxylic acids is 4. The summed E-state index contributed by atoms with van der Waals surface area (Å²) in [4.78, 5) is 70.7. The number of esters is 1. The molecule has 0 spiro atoms. The first-order valence-electron chi connectivity index (χ1n) is 10.9. The van der Waals surface area contributed by atoms with E-state index in [1.54, 1.807) is 26.8 Å². The summed E-state index contributed by atoms with van der Waals surface area (Å²) < 4.78 is 5.13. The van der Waals surface area contributed by atoms with E-state index in [-0.39, 0.29) is 22.2 Å². The van der Waals surface area contributed by atoms with Crippen LogP contribution in [0.15, 0.2) is 34.5 Å². The van der Waals surface area contributed by atoms with Gasteiger partial charge >= 0.3 is 11.9 Å². The number of carbonyl (C=O) groups is 5. The van der Waals surface area contributed by atoms with Crippen LogP contribution in [0.1, 0.15) is 32.9 Å². The van der Waals surface area contributed by atoms with Crippen molar-refractivity contribution in [1.82, 2.24) is 15.2 Å². The summed E-state index contributed by atoms with van der Waals surface area (Å²) in [7, 11) is 0. The van der Waals surface area contributed by atoms with Gasteiger partial charge in [-0.1, -0.05) is 11.2 Å². The van der Waals surface area contributed by atoms with Gasteiger partial charge in [0.2, 0.25) is 13.0 Å². The molecule has 1 fully saturated rings. The maximum atomic E-state index is 13.1. The number of thioether (sulfide) groups is 1. The first-order valence-corrected chi connectivity index (χ1v) is 12.8. The highest BCUT2D eigenvalue weighted by Gasteiger charge is 2.54. The topological polar surface area (TPSA) is 177 Å². The van der Waals surface area contributed by atoms with Crippen LogP contribution in [0.25, 0.3) is 0 Å². The molecule has 0 aromatic carbocycles. The smallest absolute Gasteiger partial charge is 0.352 e. The number of thiazole rings is 1. The van der Waals surface area contributed by atoms with Crippen molar-refractivity contribution in [2.45, 2.75) is 44.2 Å². The molecule has 1 aromatic heterocycles. The van der Waals surface area contributed by atoms with Gasteiger partial charge in [0.15, 0.2) is 10.8 Å². The van der Waals surface area contributed by atoms with Crippen LogP contribution in [0.4, 0.5) is 5.13 Å². The van der Waals surface area contributed by atoms with Crippen LogP contribution >= 0.6 is 23.1 Å². The Morgan fingerprint density at radius 3 is 2.73 bits per heavy atom. The van der Waals surface area contributed by atoms with Gasteiger partial charge in [0, 0.05) is 11.1 Å². The van der Waals surface area contributed by atoms with Crippen LogP contribution in [0, 0.1) is 0 Å². The van der Waals surface area contributed by atoms with Gasteiger partial charge in [-0.3, -0.25) is 19.3 Å². The SMILES string of the molecule is C=CCC1=C(C(=O)O)N2C(=O)C(NC(=O)/C(=N\OCC(=O)OC(C)(C)C)c3csc(NC=O)n3)C2SC1. The summed E-state index contributed by atoms with van der Waals surface area (Å²) >= 11 is 2.32. The summed E-state index contributed by atoms with van der Waals surface area (Å²) in [5.74, 6) is -3.05. The molecule has 3 amide bonds. The van der Waals surface area contributed by atoms with E-state index in [2.05, 4.69) is 27.4 Å². The van der Waals surface area contributed by atoms with Gasteiger partial charge in [0.25, 0.3) is 11.8 Å². The predicted octanol–water partition coefficient (Wildman–Crippen LogP) is 1.09. The number of carboxylic acid groups (broad SMARTS) is 1. The molecule has 0 radical (unpaired) electrons. The third-order valence-electron chi connectivity index (χ3n) is 4.83. The third-order valence-corrected chi connectivity index (χ3v) is 6.94. The zero-order chi connectivity index (χ0) is 27.3. The number of anilines is 1. The molecule has 0 bridgehead atoms. The molecule has 2 atom stereocenters. The maximum Gasteiger partial charge on any atom is 0.352 e. The van der Waals surface area contributed by atoms with E-state index in [0.717, 1.165) is 16.2 Å². The minimum Gasteiger partial charge on any atom is -0.477 e. The Labute approximate surface area is 219 Å². The normalized spacial score (nSPS) is 19.4. The molecule has 15 heteroatoms. The lowest BCUT2D eigenvalue weighted by molar-refractivity contribution is -0.160. The fraction of sp³-hybridized carbons (Fsp3) is 0.409. The standard InChI is InChI=1S/C22H25N5O8S2/c1-5-6-11-8-36-19-15(18(31)27(19)16(11)20(32)33)25-17(30)14(12-9-37-21(24-12)23-10-28)26-34-7-13(29)35-22(2,3)4/h5,9-10,15,19H,1,6-8H2,2-4H3,(H,25,30)(H,32,33)(H,23,24,28)/b26-14-. The highest BCUT2D eigenvalue weighted by Crippen LogP contribution is 2.41. The molecule has 37 heavy (non-hydrogen) atoms. The number of hydrogen-bond acceptors (Lipinski definition) is 11. The second kappa shape index (κ2) is 11.6. The second-order valence-electron chi connectivity index (χ2n) is 8.71. The minimum absolute atomic E-state index is 0.0235. The summed E-state index contributed by atoms with van der Waals surface area (Å²) in [5, 5.41) is 19.3. The number of oxime groups is 1. The molecule has 0 aliphatic carbocycles. The molecule has 3 rings (SSSR count). The lowest BCUT2D eigenvalue weighted by Gasteiger charge is -2.49. The minimum atomic E-state index is -1.24. The number of allylic oxidation sites excluding steroid dienone is 1. The lowest BCUT2D eigenvalue weighted by Crippen LogP contribution is -2.71. The quantitative estimate of drug-likeness (QED) is 0.0901. The molecule has 2 unspecified atom stereocenters. The number of nitrogens with zero attached hydrogens (tertiary/aromatic N) is 3. The second-order valence-corrected chi connectivity index (χ2v) is 10.7. The Hall–Kier alpha value is -3.72. The van der Waals surface area contributed by atoms with Gasteiger partial charge in [-0.25, -0.2) is 14.6 Å². The number of nitrogens with one attached hydrogen (secondary N) is 2. The fourth-order valence-electron chi connectivity index (χ4n) is 3.45. The van der Waals surface area contributed by atoms with Gasteiger partial charge in [-0.15, -0.1) is 29.7 Å². The van der Waals surface area contributed by atoms with Gasteiger partial charge in [0.1, 0.15) is 28.4 Å². The Balaban J connectivity index is 1.78. The molecule has 3 N–H and O–H groups in total. The number of carboxylic acids is 1. The number of hydrogen-bond donors (Lipinski definition) is 3. The van der Waals surface area contributed by atoms with Crippen molar-refractivity contribution in [3.8, 4) is 0 Å². The predicted molar refractivity (Wildman–Crippen MR) is 135 cm³/mol. The van der Waals surface area contributed by atoms with Crippen molar-refractivity contribution in [3.63, 3.8) is 0 Å². The summed E-state index contributed by atoms with van der Waals surface area (Å²) in [6.07, 6.45) is 2.29. The summed E-state index contributed by atoms with van der Waals surface area (Å²) in [5.41, 5.74) is -0.643. The Morgan fingerprint density at radius 2 is 2.11 bits per heavy atom. The van der Waals surface area contributed by atoms with Gasteiger partial charge in [-0.05, 0) is 32.8 Å². The first kappa shape index (κ1) is 27.9. The number of aromatic nitrogens is 1. The molecular weight excluding hydrogens is 526 g/mol. The highest BCUT2D eigenvalue weighted by molar-refractivity contribution is 8.00. The van der Waals surface area contributed by atoms with Crippen LogP contribution in [0.3, 0.4) is 0 Å². The van der Waals surface area contributed by atoms with Gasteiger partial charge < -0.3 is 25.3 Å². The molecule has 198 valence electrons. The number of ether oxygens (including phenoxy) is 1. The van der Waals surface area contributed by atoms with Crippen molar-refractivity contribution < 1.29 is 38.7 Å². The third kappa shape index (κ3) is 6.54. The number of aliphatic carboxylic acids is 1. The number of amides is 3. The highest BCUT2D eigenvalue weighted by atomic mass is 32.2. The zero-order valence-corrected chi connectivity index (χ0v) is 21.8. The molecule has 2 aliphatic rings. The molecule has 1 saturated heterocycles. The number of fused-ring (bicyclic) bond motifs is 1. The van der Waals surface area contributed by atoms with E-state index >= 15 is 0 Å². The largest absolute Gasteiger partial charge is 0.477 e. The zero-order valence-electron chi connectivity index (χ0n) is 20.2. The molecule has 3 heterocycles. The van der Waals surface area contributed by atoms with Crippen molar-refractivity contribution in [3.05, 3.63) is 35.0 Å². The average molecular weight is 552 g/mol. The van der Waals surface area contributed by atoms with E-state index < -0.39 is 47.4 Å². The summed E-state index contributed by atoms with van der Waals surface area (Å²) in [6, 6.07) is -1.03.